The summed E-state index contributed by atoms with van der Waals surface area (Å²) in [5.74, 6) is 0.307. The zero-order valence-electron chi connectivity index (χ0n) is 19.1. The molecule has 0 aliphatic carbocycles. The highest BCUT2D eigenvalue weighted by atomic mass is 32.2. The number of carbonyl (C=O) groups excluding carboxylic acids is 2. The number of aromatic nitrogens is 1. The van der Waals surface area contributed by atoms with Crippen LogP contribution in [0.5, 0.6) is 5.75 Å². The van der Waals surface area contributed by atoms with Crippen LogP contribution in [0.15, 0.2) is 58.2 Å². The van der Waals surface area contributed by atoms with Crippen LogP contribution in [0, 0.1) is 0 Å². The van der Waals surface area contributed by atoms with Gasteiger partial charge in [-0.1, -0.05) is 36.0 Å². The predicted molar refractivity (Wildman–Crippen MR) is 126 cm³/mol. The van der Waals surface area contributed by atoms with Gasteiger partial charge in [-0.15, -0.1) is 0 Å². The van der Waals surface area contributed by atoms with E-state index in [2.05, 4.69) is 10.3 Å². The standard InChI is InChI=1S/C24H28N2O6S/c1-24(2,3)32-22(28)25-13-14-30-17-11-9-16(10-12-17)15-20(21(27)29-4)33-23-26-18-7-5-6-8-19(18)31-23/h5-12,20H,13-15H2,1-4H3,(H,25,28). The maximum absolute atomic E-state index is 12.3. The van der Waals surface area contributed by atoms with E-state index in [0.29, 0.717) is 36.1 Å². The van der Waals surface area contributed by atoms with E-state index >= 15 is 0 Å². The Bertz CT molecular complexity index is 1040. The number of thioether (sulfide) groups is 1. The molecule has 0 aliphatic rings. The highest BCUT2D eigenvalue weighted by Crippen LogP contribution is 2.29. The summed E-state index contributed by atoms with van der Waals surface area (Å²) in [6.07, 6.45) is -0.0389. The number of para-hydroxylation sites is 2. The van der Waals surface area contributed by atoms with Gasteiger partial charge in [0, 0.05) is 0 Å². The van der Waals surface area contributed by atoms with Crippen LogP contribution >= 0.6 is 11.8 Å². The van der Waals surface area contributed by atoms with Gasteiger partial charge in [0.15, 0.2) is 5.58 Å². The number of hydrogen-bond acceptors (Lipinski definition) is 8. The minimum atomic E-state index is -0.540. The Balaban J connectivity index is 1.52. The molecule has 1 heterocycles. The van der Waals surface area contributed by atoms with Crippen molar-refractivity contribution in [3.63, 3.8) is 0 Å². The summed E-state index contributed by atoms with van der Waals surface area (Å²) in [6.45, 7) is 6.04. The van der Waals surface area contributed by atoms with Crippen molar-refractivity contribution in [2.75, 3.05) is 20.3 Å². The highest BCUT2D eigenvalue weighted by molar-refractivity contribution is 8.00. The number of benzene rings is 2. The lowest BCUT2D eigenvalue weighted by Gasteiger charge is -2.19. The lowest BCUT2D eigenvalue weighted by molar-refractivity contribution is -0.139. The maximum Gasteiger partial charge on any atom is 0.407 e. The Morgan fingerprint density at radius 1 is 1.12 bits per heavy atom. The average molecular weight is 473 g/mol. The summed E-state index contributed by atoms with van der Waals surface area (Å²) >= 11 is 1.23. The fourth-order valence-electron chi connectivity index (χ4n) is 2.90. The number of rotatable bonds is 9. The summed E-state index contributed by atoms with van der Waals surface area (Å²) in [5.41, 5.74) is 1.81. The van der Waals surface area contributed by atoms with E-state index in [9.17, 15) is 9.59 Å². The van der Waals surface area contributed by atoms with E-state index in [0.717, 1.165) is 11.1 Å². The summed E-state index contributed by atoms with van der Waals surface area (Å²) < 4.78 is 21.5. The minimum Gasteiger partial charge on any atom is -0.492 e. The van der Waals surface area contributed by atoms with Gasteiger partial charge in [0.1, 0.15) is 28.7 Å². The predicted octanol–water partition coefficient (Wildman–Crippen LogP) is 4.61. The Morgan fingerprint density at radius 3 is 2.52 bits per heavy atom. The first kappa shape index (κ1) is 24.4. The van der Waals surface area contributed by atoms with Crippen LogP contribution in [0.2, 0.25) is 0 Å². The van der Waals surface area contributed by atoms with Crippen molar-refractivity contribution in [1.82, 2.24) is 10.3 Å². The Morgan fingerprint density at radius 2 is 1.85 bits per heavy atom. The van der Waals surface area contributed by atoms with Crippen LogP contribution in [-0.4, -0.2) is 48.2 Å². The molecule has 0 saturated heterocycles. The molecule has 3 aromatic rings. The first-order chi connectivity index (χ1) is 15.7. The fraction of sp³-hybridized carbons (Fsp3) is 0.375. The normalized spacial score (nSPS) is 12.2. The van der Waals surface area contributed by atoms with Gasteiger partial charge in [0.25, 0.3) is 5.22 Å². The number of amides is 1. The van der Waals surface area contributed by atoms with E-state index < -0.39 is 16.9 Å². The molecule has 0 fully saturated rings. The fourth-order valence-corrected chi connectivity index (χ4v) is 3.90. The number of methoxy groups -OCH3 is 1. The zero-order valence-corrected chi connectivity index (χ0v) is 19.9. The number of carbonyl (C=O) groups is 2. The Hall–Kier alpha value is -3.20. The van der Waals surface area contributed by atoms with Crippen molar-refractivity contribution in [2.24, 2.45) is 0 Å². The third-order valence-corrected chi connectivity index (χ3v) is 5.38. The second-order valence-corrected chi connectivity index (χ2v) is 9.36. The van der Waals surface area contributed by atoms with Gasteiger partial charge < -0.3 is 23.9 Å². The molecule has 1 unspecified atom stereocenters. The van der Waals surface area contributed by atoms with Gasteiger partial charge >= 0.3 is 12.1 Å². The van der Waals surface area contributed by atoms with Crippen molar-refractivity contribution >= 4 is 34.9 Å². The molecule has 3 rings (SSSR count). The molecule has 0 spiro atoms. The maximum atomic E-state index is 12.3. The summed E-state index contributed by atoms with van der Waals surface area (Å²) in [7, 11) is 1.37. The SMILES string of the molecule is COC(=O)C(Cc1ccc(OCCNC(=O)OC(C)(C)C)cc1)Sc1nc2ccccc2o1. The number of hydrogen-bond donors (Lipinski definition) is 1. The molecule has 0 saturated carbocycles. The van der Waals surface area contributed by atoms with E-state index in [4.69, 9.17) is 18.6 Å². The molecule has 1 N–H and O–H groups in total. The molecule has 0 bridgehead atoms. The van der Waals surface area contributed by atoms with Crippen LogP contribution in [0.4, 0.5) is 4.79 Å². The lowest BCUT2D eigenvalue weighted by Crippen LogP contribution is -2.34. The van der Waals surface area contributed by atoms with Crippen LogP contribution < -0.4 is 10.1 Å². The quantitative estimate of drug-likeness (QED) is 0.274. The van der Waals surface area contributed by atoms with Crippen LogP contribution in [0.25, 0.3) is 11.1 Å². The molecular weight excluding hydrogens is 444 g/mol. The third-order valence-electron chi connectivity index (χ3n) is 4.36. The van der Waals surface area contributed by atoms with Crippen LogP contribution in [-0.2, 0) is 20.7 Å². The summed E-state index contributed by atoms with van der Waals surface area (Å²) in [5, 5.41) is 2.56. The number of esters is 1. The topological polar surface area (TPSA) is 99.9 Å². The molecule has 9 heteroatoms. The number of alkyl carbamates (subject to hydrolysis) is 1. The molecule has 33 heavy (non-hydrogen) atoms. The Labute approximate surface area is 197 Å². The highest BCUT2D eigenvalue weighted by Gasteiger charge is 2.24. The van der Waals surface area contributed by atoms with Gasteiger partial charge in [0.2, 0.25) is 0 Å². The van der Waals surface area contributed by atoms with Gasteiger partial charge in [-0.3, -0.25) is 4.79 Å². The lowest BCUT2D eigenvalue weighted by atomic mass is 10.1. The van der Waals surface area contributed by atoms with Crippen molar-refractivity contribution in [3.05, 3.63) is 54.1 Å². The van der Waals surface area contributed by atoms with Crippen LogP contribution in [0.3, 0.4) is 0 Å². The molecule has 8 nitrogen and oxygen atoms in total. The molecular formula is C24H28N2O6S. The monoisotopic (exact) mass is 472 g/mol. The number of oxazole rings is 1. The van der Waals surface area contributed by atoms with Crippen molar-refractivity contribution in [2.45, 2.75) is 43.3 Å². The van der Waals surface area contributed by atoms with Crippen molar-refractivity contribution in [1.29, 1.82) is 0 Å². The van der Waals surface area contributed by atoms with Gasteiger partial charge in [0.05, 0.1) is 13.7 Å². The number of nitrogens with one attached hydrogen (secondary N) is 1. The first-order valence-corrected chi connectivity index (χ1v) is 11.4. The first-order valence-electron chi connectivity index (χ1n) is 10.5. The van der Waals surface area contributed by atoms with E-state index in [1.165, 1.54) is 18.9 Å². The zero-order chi connectivity index (χ0) is 23.8. The summed E-state index contributed by atoms with van der Waals surface area (Å²) in [6, 6.07) is 14.9. The number of ether oxygens (including phenoxy) is 3. The molecule has 0 aliphatic heterocycles. The third kappa shape index (κ3) is 7.71. The Kier molecular flexibility index (Phi) is 8.21. The molecule has 1 atom stereocenters. The van der Waals surface area contributed by atoms with E-state index in [1.54, 1.807) is 20.8 Å². The van der Waals surface area contributed by atoms with Crippen LogP contribution in [0.1, 0.15) is 26.3 Å². The number of fused-ring (bicyclic) bond motifs is 1. The smallest absolute Gasteiger partial charge is 0.407 e. The molecule has 1 aromatic heterocycles. The summed E-state index contributed by atoms with van der Waals surface area (Å²) in [4.78, 5) is 28.4. The van der Waals surface area contributed by atoms with Crippen molar-refractivity contribution in [3.8, 4) is 5.75 Å². The molecule has 0 radical (unpaired) electrons. The minimum absolute atomic E-state index is 0.303. The molecule has 1 amide bonds. The van der Waals surface area contributed by atoms with Gasteiger partial charge in [-0.25, -0.2) is 9.78 Å². The largest absolute Gasteiger partial charge is 0.492 e. The van der Waals surface area contributed by atoms with Gasteiger partial charge in [-0.05, 0) is 57.0 Å². The van der Waals surface area contributed by atoms with Gasteiger partial charge in [-0.2, -0.15) is 0 Å². The van der Waals surface area contributed by atoms with E-state index in [1.807, 2.05) is 48.5 Å². The average Bonchev–Trinajstić information content (AvgIpc) is 3.18. The second-order valence-electron chi connectivity index (χ2n) is 8.20. The molecule has 2 aromatic carbocycles. The number of nitrogens with zero attached hydrogens (tertiary/aromatic N) is 1. The van der Waals surface area contributed by atoms with Crippen molar-refractivity contribution < 1.29 is 28.2 Å². The second kappa shape index (κ2) is 11.1. The molecule has 176 valence electrons. The van der Waals surface area contributed by atoms with E-state index in [-0.39, 0.29) is 5.97 Å².